The van der Waals surface area contributed by atoms with Crippen LogP contribution in [-0.2, 0) is 28.7 Å². The third kappa shape index (κ3) is 22.7. The van der Waals surface area contributed by atoms with Crippen LogP contribution in [0.25, 0.3) is 0 Å². The third-order valence-corrected chi connectivity index (χ3v) is 10.5. The van der Waals surface area contributed by atoms with E-state index in [2.05, 4.69) is 45.3 Å². The molecule has 0 saturated heterocycles. The minimum atomic E-state index is -0.0293. The molecule has 0 radical (unpaired) electrons. The molecule has 3 aliphatic rings. The van der Waals surface area contributed by atoms with Crippen LogP contribution in [0.5, 0.6) is 0 Å². The fraction of sp³-hybridized carbons (Fsp3) is 0.674. The predicted octanol–water partition coefficient (Wildman–Crippen LogP) is 6.69. The van der Waals surface area contributed by atoms with Crippen LogP contribution in [0.4, 0.5) is 0 Å². The van der Waals surface area contributed by atoms with Crippen LogP contribution in [-0.4, -0.2) is 67.9 Å². The molecule has 0 aromatic rings. The van der Waals surface area contributed by atoms with Crippen LogP contribution >= 0.6 is 0 Å². The number of hydrogen-bond donors (Lipinski definition) is 5. The van der Waals surface area contributed by atoms with E-state index in [1.54, 1.807) is 19.3 Å². The number of unbranched alkanes of at least 4 members (excludes halogenated alkanes) is 8. The summed E-state index contributed by atoms with van der Waals surface area (Å²) < 4.78 is 5.10. The summed E-state index contributed by atoms with van der Waals surface area (Å²) in [6, 6.07) is 0.473. The summed E-state index contributed by atoms with van der Waals surface area (Å²) in [5, 5.41) is 14.7. The first-order chi connectivity index (χ1) is 27.4. The molecule has 0 aliphatic carbocycles. The van der Waals surface area contributed by atoms with Crippen LogP contribution in [0.2, 0.25) is 0 Å². The van der Waals surface area contributed by atoms with E-state index in [-0.39, 0.29) is 59.5 Å². The fourth-order valence-electron chi connectivity index (χ4n) is 6.73. The second-order valence-electron chi connectivity index (χ2n) is 15.5. The zero-order valence-corrected chi connectivity index (χ0v) is 35.9. The number of hydrogen-bond acceptors (Lipinski definition) is 6. The molecule has 0 saturated carbocycles. The van der Waals surface area contributed by atoms with Crippen LogP contribution in [0.3, 0.4) is 0 Å². The number of terminal acetylenes is 2. The van der Waals surface area contributed by atoms with Crippen molar-refractivity contribution in [2.24, 2.45) is 11.8 Å². The molecule has 318 valence electrons. The van der Waals surface area contributed by atoms with Gasteiger partial charge >= 0.3 is 0 Å². The van der Waals surface area contributed by atoms with Gasteiger partial charge in [-0.15, -0.1) is 24.7 Å². The normalized spacial score (nSPS) is 19.0. The highest BCUT2D eigenvalue weighted by Crippen LogP contribution is 2.18. The second-order valence-corrected chi connectivity index (χ2v) is 15.5. The van der Waals surface area contributed by atoms with Gasteiger partial charge in [0.25, 0.3) is 0 Å². The van der Waals surface area contributed by atoms with Crippen LogP contribution in [0, 0.1) is 36.5 Å². The van der Waals surface area contributed by atoms with E-state index in [0.29, 0.717) is 13.1 Å². The van der Waals surface area contributed by atoms with Gasteiger partial charge in [-0.3, -0.25) is 24.0 Å². The summed E-state index contributed by atoms with van der Waals surface area (Å²) in [7, 11) is 1.61. The van der Waals surface area contributed by atoms with Gasteiger partial charge in [0.15, 0.2) is 0 Å². The lowest BCUT2D eigenvalue weighted by Crippen LogP contribution is -2.31. The molecule has 11 nitrogen and oxygen atoms in total. The van der Waals surface area contributed by atoms with Crippen molar-refractivity contribution in [1.82, 2.24) is 26.6 Å². The zero-order chi connectivity index (χ0) is 42.4. The molecule has 3 heterocycles. The molecule has 3 rings (SSSR count). The topological polar surface area (TPSA) is 155 Å². The number of rotatable bonds is 25. The second kappa shape index (κ2) is 30.6. The molecule has 57 heavy (non-hydrogen) atoms. The fourth-order valence-corrected chi connectivity index (χ4v) is 6.73. The van der Waals surface area contributed by atoms with Crippen LogP contribution in [0.15, 0.2) is 35.1 Å². The Labute approximate surface area is 344 Å². The van der Waals surface area contributed by atoms with Crippen LogP contribution in [0.1, 0.15) is 150 Å². The molecule has 0 bridgehead atoms. The van der Waals surface area contributed by atoms with Gasteiger partial charge in [-0.2, -0.15) is 0 Å². The maximum absolute atomic E-state index is 11.9. The maximum Gasteiger partial charge on any atom is 0.248 e. The van der Waals surface area contributed by atoms with Gasteiger partial charge < -0.3 is 31.3 Å². The average molecular weight is 792 g/mol. The van der Waals surface area contributed by atoms with E-state index < -0.39 is 0 Å². The van der Waals surface area contributed by atoms with E-state index in [1.807, 2.05) is 27.7 Å². The molecule has 11 heteroatoms. The van der Waals surface area contributed by atoms with Crippen molar-refractivity contribution in [2.45, 2.75) is 168 Å². The maximum atomic E-state index is 11.9. The minimum absolute atomic E-state index is 0.00876. The zero-order valence-electron chi connectivity index (χ0n) is 35.9. The van der Waals surface area contributed by atoms with Gasteiger partial charge in [0.2, 0.25) is 29.5 Å². The quantitative estimate of drug-likeness (QED) is 0.0513. The number of nitrogens with one attached hydrogen (secondary N) is 5. The van der Waals surface area contributed by atoms with Crippen LogP contribution < -0.4 is 26.6 Å². The summed E-state index contributed by atoms with van der Waals surface area (Å²) in [5.74, 6) is 6.37. The molecule has 0 unspecified atom stereocenters. The first-order valence-corrected chi connectivity index (χ1v) is 21.3. The molecule has 0 aromatic heterocycles. The van der Waals surface area contributed by atoms with E-state index >= 15 is 0 Å². The molecule has 0 fully saturated rings. The molecule has 0 aromatic carbocycles. The number of carbonyl (C=O) groups is 5. The minimum Gasteiger partial charge on any atom is -0.499 e. The summed E-state index contributed by atoms with van der Waals surface area (Å²) in [4.78, 5) is 57.2. The van der Waals surface area contributed by atoms with E-state index in [1.165, 1.54) is 18.9 Å². The Bertz CT molecular complexity index is 1350. The first-order valence-electron chi connectivity index (χ1n) is 21.3. The lowest BCUT2D eigenvalue weighted by atomic mass is 10.0. The Balaban J connectivity index is 0.000000442. The third-order valence-electron chi connectivity index (χ3n) is 10.5. The number of methoxy groups -OCH3 is 1. The first kappa shape index (κ1) is 50.5. The van der Waals surface area contributed by atoms with Gasteiger partial charge in [-0.1, -0.05) is 52.9 Å². The van der Waals surface area contributed by atoms with Gasteiger partial charge in [0, 0.05) is 56.0 Å². The van der Waals surface area contributed by atoms with Crippen molar-refractivity contribution in [1.29, 1.82) is 0 Å². The summed E-state index contributed by atoms with van der Waals surface area (Å²) >= 11 is 0. The van der Waals surface area contributed by atoms with Crippen molar-refractivity contribution in [2.75, 3.05) is 20.2 Å². The van der Waals surface area contributed by atoms with Crippen molar-refractivity contribution in [3.8, 4) is 24.7 Å². The van der Waals surface area contributed by atoms with Crippen molar-refractivity contribution >= 4 is 29.5 Å². The standard InChI is InChI=1S/2C18H28N2O2.C10H17NO2/c2*1-4-5-6-7-10-14(2)18(22)19-12-9-8-11-16-15(3)13-17(21)20-16;1-3-4-5-6-8-9(13-2)7-10(12)11-8/h2*1,13-14,16H,5-12H2,2-3H3,(H,19,22)(H,20,21);7-8H,3-6H2,1-2H3,(H,11,12)/t14-,16+;14-,16-;8-/m100/s1. The lowest BCUT2D eigenvalue weighted by Gasteiger charge is -2.14. The summed E-state index contributed by atoms with van der Waals surface area (Å²) in [5.41, 5.74) is 2.21. The van der Waals surface area contributed by atoms with E-state index in [0.717, 1.165) is 120 Å². The SMILES string of the molecule is C#CCCCC[C@@H](C)C(=O)NCCCC[C@@H]1NC(=O)C=C1C.C#CCCCC[C@H](C)C(=O)NCCCC[C@@H]1NC(=O)C=C1C.CCCCC[C@@H]1NC(=O)C=C1OC. The largest absolute Gasteiger partial charge is 0.499 e. The molecule has 5 N–H and O–H groups in total. The molecule has 3 aliphatic heterocycles. The van der Waals surface area contributed by atoms with E-state index in [4.69, 9.17) is 17.6 Å². The highest BCUT2D eigenvalue weighted by Gasteiger charge is 2.24. The smallest absolute Gasteiger partial charge is 0.248 e. The Morgan fingerprint density at radius 1 is 0.649 bits per heavy atom. The van der Waals surface area contributed by atoms with Gasteiger partial charge in [-0.05, 0) is 95.6 Å². The molecule has 5 amide bonds. The molecular formula is C46H73N5O6. The number of carbonyl (C=O) groups excluding carboxylic acids is 5. The average Bonchev–Trinajstić information content (AvgIpc) is 3.83. The van der Waals surface area contributed by atoms with Crippen molar-refractivity contribution < 1.29 is 28.7 Å². The predicted molar refractivity (Wildman–Crippen MR) is 229 cm³/mol. The highest BCUT2D eigenvalue weighted by atomic mass is 16.5. The van der Waals surface area contributed by atoms with Crippen molar-refractivity contribution in [3.63, 3.8) is 0 Å². The molecule has 0 spiro atoms. The monoisotopic (exact) mass is 792 g/mol. The Morgan fingerprint density at radius 2 is 1.05 bits per heavy atom. The molecular weight excluding hydrogens is 719 g/mol. The summed E-state index contributed by atoms with van der Waals surface area (Å²) in [6.45, 7) is 11.5. The van der Waals surface area contributed by atoms with Gasteiger partial charge in [0.1, 0.15) is 5.76 Å². The van der Waals surface area contributed by atoms with E-state index in [9.17, 15) is 24.0 Å². The number of amides is 5. The Kier molecular flexibility index (Phi) is 27.1. The summed E-state index contributed by atoms with van der Waals surface area (Å²) in [6.07, 6.45) is 32.9. The van der Waals surface area contributed by atoms with Gasteiger partial charge in [-0.25, -0.2) is 0 Å². The van der Waals surface area contributed by atoms with Gasteiger partial charge in [0.05, 0.1) is 25.2 Å². The molecule has 5 atom stereocenters. The van der Waals surface area contributed by atoms with Crippen molar-refractivity contribution in [3.05, 3.63) is 35.1 Å². The Hall–Kier alpha value is -4.51. The lowest BCUT2D eigenvalue weighted by molar-refractivity contribution is -0.125. The number of ether oxygens (including phenoxy) is 1. The Morgan fingerprint density at radius 3 is 1.44 bits per heavy atom. The highest BCUT2D eigenvalue weighted by molar-refractivity contribution is 5.92.